The Morgan fingerprint density at radius 1 is 1.42 bits per heavy atom. The zero-order chi connectivity index (χ0) is 14.0. The van der Waals surface area contributed by atoms with Crippen molar-refractivity contribution in [3.63, 3.8) is 0 Å². The number of carbonyl (C=O) groups is 2. The number of amides is 1. The first-order chi connectivity index (χ1) is 8.99. The molecule has 1 heterocycles. The second-order valence-electron chi connectivity index (χ2n) is 5.41. The highest BCUT2D eigenvalue weighted by Crippen LogP contribution is 2.30. The Morgan fingerprint density at radius 2 is 2.16 bits per heavy atom. The molecule has 1 aromatic heterocycles. The Morgan fingerprint density at radius 3 is 2.74 bits per heavy atom. The Kier molecular flexibility index (Phi) is 3.93. The van der Waals surface area contributed by atoms with Gasteiger partial charge in [0.2, 0.25) is 5.91 Å². The van der Waals surface area contributed by atoms with Gasteiger partial charge in [-0.15, -0.1) is 0 Å². The van der Waals surface area contributed by atoms with E-state index in [1.165, 1.54) is 10.6 Å². The molecule has 19 heavy (non-hydrogen) atoms. The predicted molar refractivity (Wildman–Crippen MR) is 70.9 cm³/mol. The molecule has 1 aromatic rings. The summed E-state index contributed by atoms with van der Waals surface area (Å²) in [6.45, 7) is 4.42. The van der Waals surface area contributed by atoms with Gasteiger partial charge in [0.05, 0.1) is 0 Å². The monoisotopic (exact) mass is 264 g/mol. The molecule has 5 nitrogen and oxygen atoms in total. The van der Waals surface area contributed by atoms with E-state index in [9.17, 15) is 9.59 Å². The molecule has 0 saturated heterocycles. The van der Waals surface area contributed by atoms with Crippen LogP contribution < -0.4 is 5.32 Å². The van der Waals surface area contributed by atoms with Gasteiger partial charge >= 0.3 is 5.97 Å². The number of aromatic nitrogens is 1. The minimum atomic E-state index is -1.01. The number of rotatable bonds is 4. The van der Waals surface area contributed by atoms with E-state index in [0.29, 0.717) is 11.8 Å². The third-order valence-corrected chi connectivity index (χ3v) is 4.17. The first kappa shape index (κ1) is 13.6. The molecule has 1 saturated carbocycles. The molecule has 0 aromatic carbocycles. The quantitative estimate of drug-likeness (QED) is 0.870. The first-order valence-corrected chi connectivity index (χ1v) is 6.67. The number of aromatic carboxylic acids is 1. The van der Waals surface area contributed by atoms with Gasteiger partial charge in [-0.3, -0.25) is 4.79 Å². The Hall–Kier alpha value is -1.78. The molecule has 2 rings (SSSR count). The minimum absolute atomic E-state index is 0.0617. The van der Waals surface area contributed by atoms with Gasteiger partial charge in [-0.05, 0) is 36.8 Å². The van der Waals surface area contributed by atoms with Gasteiger partial charge in [0, 0.05) is 12.2 Å². The molecular formula is C14H20N2O3. The normalized spacial score (nSPS) is 26.3. The van der Waals surface area contributed by atoms with Crippen LogP contribution in [0, 0.1) is 11.8 Å². The van der Waals surface area contributed by atoms with Crippen LogP contribution in [0.2, 0.25) is 0 Å². The average Bonchev–Trinajstić information content (AvgIpc) is 2.91. The summed E-state index contributed by atoms with van der Waals surface area (Å²) < 4.78 is 1.46. The lowest BCUT2D eigenvalue weighted by atomic mass is 9.98. The smallest absolute Gasteiger partial charge is 0.352 e. The third kappa shape index (κ3) is 2.97. The molecule has 3 unspecified atom stereocenters. The third-order valence-electron chi connectivity index (χ3n) is 4.17. The average molecular weight is 264 g/mol. The van der Waals surface area contributed by atoms with E-state index in [0.717, 1.165) is 12.8 Å². The van der Waals surface area contributed by atoms with Crippen molar-refractivity contribution in [2.45, 2.75) is 39.3 Å². The van der Waals surface area contributed by atoms with E-state index in [2.05, 4.69) is 19.2 Å². The Balaban J connectivity index is 1.94. The molecule has 0 bridgehead atoms. The van der Waals surface area contributed by atoms with Crippen molar-refractivity contribution in [2.75, 3.05) is 0 Å². The van der Waals surface area contributed by atoms with Crippen LogP contribution in [0.3, 0.4) is 0 Å². The Bertz CT molecular complexity index is 481. The maximum atomic E-state index is 12.0. The molecule has 0 radical (unpaired) electrons. The number of hydrogen-bond acceptors (Lipinski definition) is 2. The number of nitrogens with zero attached hydrogens (tertiary/aromatic N) is 1. The van der Waals surface area contributed by atoms with Gasteiger partial charge in [0.15, 0.2) is 0 Å². The minimum Gasteiger partial charge on any atom is -0.477 e. The van der Waals surface area contributed by atoms with E-state index < -0.39 is 5.97 Å². The van der Waals surface area contributed by atoms with E-state index >= 15 is 0 Å². The van der Waals surface area contributed by atoms with E-state index in [1.54, 1.807) is 12.3 Å². The van der Waals surface area contributed by atoms with Crippen molar-refractivity contribution in [1.82, 2.24) is 9.88 Å². The van der Waals surface area contributed by atoms with E-state index in [4.69, 9.17) is 5.11 Å². The fourth-order valence-electron chi connectivity index (χ4n) is 2.72. The van der Waals surface area contributed by atoms with Crippen LogP contribution in [0.1, 0.15) is 37.2 Å². The summed E-state index contributed by atoms with van der Waals surface area (Å²) >= 11 is 0. The molecule has 1 amide bonds. The SMILES string of the molecule is CC1CCC(NC(=O)Cn2cccc2C(=O)O)C1C. The summed E-state index contributed by atoms with van der Waals surface area (Å²) in [7, 11) is 0. The number of carbonyl (C=O) groups excluding carboxylic acids is 1. The molecule has 104 valence electrons. The zero-order valence-corrected chi connectivity index (χ0v) is 11.3. The van der Waals surface area contributed by atoms with Crippen LogP contribution in [0.25, 0.3) is 0 Å². The molecule has 1 fully saturated rings. The molecule has 0 spiro atoms. The largest absolute Gasteiger partial charge is 0.477 e. The van der Waals surface area contributed by atoms with E-state index in [1.807, 2.05) is 0 Å². The second kappa shape index (κ2) is 5.47. The summed E-state index contributed by atoms with van der Waals surface area (Å²) in [6.07, 6.45) is 3.76. The molecule has 2 N–H and O–H groups in total. The Labute approximate surface area is 112 Å². The number of carboxylic acids is 1. The lowest BCUT2D eigenvalue weighted by Gasteiger charge is -2.20. The fourth-order valence-corrected chi connectivity index (χ4v) is 2.72. The highest BCUT2D eigenvalue weighted by molar-refractivity contribution is 5.86. The van der Waals surface area contributed by atoms with Crippen LogP contribution in [-0.2, 0) is 11.3 Å². The van der Waals surface area contributed by atoms with Gasteiger partial charge < -0.3 is 15.0 Å². The van der Waals surface area contributed by atoms with Gasteiger partial charge in [-0.25, -0.2) is 4.79 Å². The van der Waals surface area contributed by atoms with Crippen molar-refractivity contribution < 1.29 is 14.7 Å². The number of hydrogen-bond donors (Lipinski definition) is 2. The standard InChI is InChI=1S/C14H20N2O3/c1-9-5-6-11(10(9)2)15-13(17)8-16-7-3-4-12(16)14(18)19/h3-4,7,9-11H,5-6,8H2,1-2H3,(H,15,17)(H,18,19). The molecular weight excluding hydrogens is 244 g/mol. The molecule has 1 aliphatic rings. The summed E-state index contributed by atoms with van der Waals surface area (Å²) in [5.41, 5.74) is 0.142. The molecule has 5 heteroatoms. The molecule has 0 aliphatic heterocycles. The van der Waals surface area contributed by atoms with Crippen molar-refractivity contribution in [1.29, 1.82) is 0 Å². The summed E-state index contributed by atoms with van der Waals surface area (Å²) in [5, 5.41) is 12.0. The van der Waals surface area contributed by atoms with Crippen molar-refractivity contribution in [2.24, 2.45) is 11.8 Å². The summed E-state index contributed by atoms with van der Waals surface area (Å²) in [5.74, 6) is -0.0238. The molecule has 3 atom stereocenters. The maximum Gasteiger partial charge on any atom is 0.352 e. The second-order valence-corrected chi connectivity index (χ2v) is 5.41. The van der Waals surface area contributed by atoms with Crippen LogP contribution in [0.4, 0.5) is 0 Å². The summed E-state index contributed by atoms with van der Waals surface area (Å²) in [6, 6.07) is 3.35. The first-order valence-electron chi connectivity index (χ1n) is 6.67. The van der Waals surface area contributed by atoms with Crippen molar-refractivity contribution in [3.8, 4) is 0 Å². The van der Waals surface area contributed by atoms with Gasteiger partial charge in [-0.1, -0.05) is 13.8 Å². The van der Waals surface area contributed by atoms with Gasteiger partial charge in [0.25, 0.3) is 0 Å². The van der Waals surface area contributed by atoms with Crippen LogP contribution in [0.5, 0.6) is 0 Å². The van der Waals surface area contributed by atoms with E-state index in [-0.39, 0.29) is 24.2 Å². The van der Waals surface area contributed by atoms with Crippen LogP contribution in [0.15, 0.2) is 18.3 Å². The lowest BCUT2D eigenvalue weighted by Crippen LogP contribution is -2.39. The zero-order valence-electron chi connectivity index (χ0n) is 11.3. The fraction of sp³-hybridized carbons (Fsp3) is 0.571. The highest BCUT2D eigenvalue weighted by Gasteiger charge is 2.30. The van der Waals surface area contributed by atoms with Crippen molar-refractivity contribution in [3.05, 3.63) is 24.0 Å². The topological polar surface area (TPSA) is 71.3 Å². The lowest BCUT2D eigenvalue weighted by molar-refractivity contribution is -0.122. The molecule has 1 aliphatic carbocycles. The number of nitrogens with one attached hydrogen (secondary N) is 1. The highest BCUT2D eigenvalue weighted by atomic mass is 16.4. The summed E-state index contributed by atoms with van der Waals surface area (Å²) in [4.78, 5) is 22.9. The predicted octanol–water partition coefficient (Wildman–Crippen LogP) is 1.74. The van der Waals surface area contributed by atoms with Crippen LogP contribution in [-0.4, -0.2) is 27.6 Å². The van der Waals surface area contributed by atoms with Gasteiger partial charge in [-0.2, -0.15) is 0 Å². The van der Waals surface area contributed by atoms with Gasteiger partial charge in [0.1, 0.15) is 12.2 Å². The van der Waals surface area contributed by atoms with Crippen LogP contribution >= 0.6 is 0 Å². The van der Waals surface area contributed by atoms with Crippen molar-refractivity contribution >= 4 is 11.9 Å². The maximum absolute atomic E-state index is 12.0. The number of carboxylic acid groups (broad SMARTS) is 1.